The molecule has 1 aromatic heterocycles. The first kappa shape index (κ1) is 16.5. The summed E-state index contributed by atoms with van der Waals surface area (Å²) in [4.78, 5) is 16.4. The predicted molar refractivity (Wildman–Crippen MR) is 96.7 cm³/mol. The molecule has 0 radical (unpaired) electrons. The molecule has 2 aromatic carbocycles. The first-order valence-electron chi connectivity index (χ1n) is 7.70. The predicted octanol–water partition coefficient (Wildman–Crippen LogP) is 2.38. The third-order valence-electron chi connectivity index (χ3n) is 3.91. The maximum absolute atomic E-state index is 12.2. The van der Waals surface area contributed by atoms with Crippen LogP contribution in [-0.4, -0.2) is 28.8 Å². The van der Waals surface area contributed by atoms with Gasteiger partial charge in [-0.25, -0.2) is 0 Å². The molecule has 0 saturated carbocycles. The molecular weight excluding hydrogens is 318 g/mol. The van der Waals surface area contributed by atoms with Crippen molar-refractivity contribution in [1.29, 1.82) is 5.41 Å². The van der Waals surface area contributed by atoms with Crippen molar-refractivity contribution in [2.45, 2.75) is 6.54 Å². The number of nitrogens with zero attached hydrogens (tertiary/aromatic N) is 1. The first-order valence-corrected chi connectivity index (χ1v) is 7.70. The number of aromatic amines is 1. The van der Waals surface area contributed by atoms with E-state index in [0.717, 1.165) is 21.4 Å². The number of benzene rings is 2. The zero-order valence-corrected chi connectivity index (χ0v) is 13.7. The standard InChI is InChI=1S/C18H19N5O2/c1-23(18(20)21)17(24)15-8-11-6-7-13(9-14(11)22-15)25-16-5-3-2-4-12(16)10-19/h2-9,22H,10,19H2,1H3,(H3,20,21). The summed E-state index contributed by atoms with van der Waals surface area (Å²) >= 11 is 0. The second-order valence-electron chi connectivity index (χ2n) is 5.60. The van der Waals surface area contributed by atoms with Gasteiger partial charge in [0.1, 0.15) is 17.2 Å². The molecule has 0 aliphatic heterocycles. The average Bonchev–Trinajstić information content (AvgIpc) is 3.04. The van der Waals surface area contributed by atoms with Crippen LogP contribution in [0.5, 0.6) is 11.5 Å². The largest absolute Gasteiger partial charge is 0.457 e. The maximum atomic E-state index is 12.2. The van der Waals surface area contributed by atoms with Gasteiger partial charge in [-0.15, -0.1) is 0 Å². The van der Waals surface area contributed by atoms with Gasteiger partial charge >= 0.3 is 0 Å². The van der Waals surface area contributed by atoms with Crippen molar-refractivity contribution in [3.8, 4) is 11.5 Å². The molecule has 25 heavy (non-hydrogen) atoms. The van der Waals surface area contributed by atoms with Crippen LogP contribution >= 0.6 is 0 Å². The number of aromatic nitrogens is 1. The van der Waals surface area contributed by atoms with Crippen LogP contribution in [0.2, 0.25) is 0 Å². The maximum Gasteiger partial charge on any atom is 0.276 e. The average molecular weight is 337 g/mol. The highest BCUT2D eigenvalue weighted by Crippen LogP contribution is 2.28. The van der Waals surface area contributed by atoms with E-state index in [4.69, 9.17) is 21.6 Å². The lowest BCUT2D eigenvalue weighted by atomic mass is 10.2. The van der Waals surface area contributed by atoms with Crippen LogP contribution in [0.1, 0.15) is 16.1 Å². The minimum Gasteiger partial charge on any atom is -0.457 e. The van der Waals surface area contributed by atoms with Crippen molar-refractivity contribution in [3.63, 3.8) is 0 Å². The van der Waals surface area contributed by atoms with E-state index in [-0.39, 0.29) is 11.9 Å². The van der Waals surface area contributed by atoms with E-state index >= 15 is 0 Å². The van der Waals surface area contributed by atoms with Crippen LogP contribution in [0.15, 0.2) is 48.5 Å². The fraction of sp³-hybridized carbons (Fsp3) is 0.111. The Kier molecular flexibility index (Phi) is 4.40. The second kappa shape index (κ2) is 6.66. The Morgan fingerprint density at radius 3 is 2.72 bits per heavy atom. The SMILES string of the molecule is CN(C(=N)N)C(=O)c1cc2ccc(Oc3ccccc3CN)cc2[nH]1. The van der Waals surface area contributed by atoms with Crippen molar-refractivity contribution >= 4 is 22.8 Å². The van der Waals surface area contributed by atoms with E-state index in [1.807, 2.05) is 42.5 Å². The summed E-state index contributed by atoms with van der Waals surface area (Å²) in [5, 5.41) is 8.21. The van der Waals surface area contributed by atoms with E-state index < -0.39 is 0 Å². The third-order valence-corrected chi connectivity index (χ3v) is 3.91. The number of rotatable bonds is 4. The molecule has 3 rings (SSSR count). The second-order valence-corrected chi connectivity index (χ2v) is 5.60. The zero-order valence-electron chi connectivity index (χ0n) is 13.7. The number of hydrogen-bond donors (Lipinski definition) is 4. The molecule has 3 aromatic rings. The number of amides is 1. The van der Waals surface area contributed by atoms with Gasteiger partial charge in [0, 0.05) is 36.1 Å². The smallest absolute Gasteiger partial charge is 0.276 e. The summed E-state index contributed by atoms with van der Waals surface area (Å²) in [5.74, 6) is 0.642. The Hall–Kier alpha value is -3.32. The molecule has 1 heterocycles. The van der Waals surface area contributed by atoms with E-state index in [1.165, 1.54) is 7.05 Å². The van der Waals surface area contributed by atoms with E-state index in [0.29, 0.717) is 23.7 Å². The Balaban J connectivity index is 1.90. The van der Waals surface area contributed by atoms with Crippen molar-refractivity contribution in [2.75, 3.05) is 7.05 Å². The Morgan fingerprint density at radius 1 is 1.24 bits per heavy atom. The summed E-state index contributed by atoms with van der Waals surface area (Å²) in [6.07, 6.45) is 0. The highest BCUT2D eigenvalue weighted by Gasteiger charge is 2.16. The molecular formula is C18H19N5O2. The lowest BCUT2D eigenvalue weighted by Crippen LogP contribution is -2.38. The first-order chi connectivity index (χ1) is 12.0. The number of nitrogens with two attached hydrogens (primary N) is 2. The van der Waals surface area contributed by atoms with Crippen LogP contribution in [0, 0.1) is 5.41 Å². The molecule has 0 unspecified atom stereocenters. The number of fused-ring (bicyclic) bond motifs is 1. The number of hydrogen-bond acceptors (Lipinski definition) is 4. The number of carbonyl (C=O) groups is 1. The highest BCUT2D eigenvalue weighted by molar-refractivity contribution is 6.05. The highest BCUT2D eigenvalue weighted by atomic mass is 16.5. The molecule has 0 atom stereocenters. The van der Waals surface area contributed by atoms with Gasteiger partial charge in [0.25, 0.3) is 5.91 Å². The minimum absolute atomic E-state index is 0.314. The van der Waals surface area contributed by atoms with Crippen molar-refractivity contribution in [2.24, 2.45) is 11.5 Å². The number of guanidine groups is 1. The zero-order chi connectivity index (χ0) is 18.0. The van der Waals surface area contributed by atoms with Gasteiger partial charge in [0.15, 0.2) is 5.96 Å². The van der Waals surface area contributed by atoms with Gasteiger partial charge in [-0.2, -0.15) is 0 Å². The van der Waals surface area contributed by atoms with Gasteiger partial charge < -0.3 is 21.2 Å². The molecule has 6 N–H and O–H groups in total. The van der Waals surface area contributed by atoms with Crippen LogP contribution in [0.25, 0.3) is 10.9 Å². The lowest BCUT2D eigenvalue weighted by molar-refractivity contribution is 0.0864. The number of ether oxygens (including phenoxy) is 1. The van der Waals surface area contributed by atoms with Gasteiger partial charge in [0.05, 0.1) is 0 Å². The van der Waals surface area contributed by atoms with Crippen LogP contribution in [0.4, 0.5) is 0 Å². The minimum atomic E-state index is -0.375. The summed E-state index contributed by atoms with van der Waals surface area (Å²) in [6.45, 7) is 0.386. The molecule has 128 valence electrons. The number of H-pyrrole nitrogens is 1. The summed E-state index contributed by atoms with van der Waals surface area (Å²) in [7, 11) is 1.45. The summed E-state index contributed by atoms with van der Waals surface area (Å²) < 4.78 is 5.91. The van der Waals surface area contributed by atoms with Crippen molar-refractivity contribution in [1.82, 2.24) is 9.88 Å². The normalized spacial score (nSPS) is 10.6. The quantitative estimate of drug-likeness (QED) is 0.431. The van der Waals surface area contributed by atoms with Gasteiger partial charge in [-0.05, 0) is 24.3 Å². The fourth-order valence-electron chi connectivity index (χ4n) is 2.47. The number of carbonyl (C=O) groups excluding carboxylic acids is 1. The van der Waals surface area contributed by atoms with Gasteiger partial charge in [-0.1, -0.05) is 18.2 Å². The fourth-order valence-corrected chi connectivity index (χ4v) is 2.47. The molecule has 0 saturated heterocycles. The topological polar surface area (TPSA) is 121 Å². The van der Waals surface area contributed by atoms with Crippen molar-refractivity contribution in [3.05, 3.63) is 59.8 Å². The van der Waals surface area contributed by atoms with Crippen LogP contribution in [0.3, 0.4) is 0 Å². The number of nitrogens with one attached hydrogen (secondary N) is 2. The molecule has 0 bridgehead atoms. The summed E-state index contributed by atoms with van der Waals surface area (Å²) in [5.41, 5.74) is 13.1. The molecule has 0 aliphatic rings. The van der Waals surface area contributed by atoms with E-state index in [2.05, 4.69) is 4.98 Å². The molecule has 0 spiro atoms. The van der Waals surface area contributed by atoms with Crippen LogP contribution < -0.4 is 16.2 Å². The Labute approximate surface area is 144 Å². The van der Waals surface area contributed by atoms with Crippen LogP contribution in [-0.2, 0) is 6.54 Å². The third kappa shape index (κ3) is 3.31. The Morgan fingerprint density at radius 2 is 2.00 bits per heavy atom. The Bertz CT molecular complexity index is 948. The van der Waals surface area contributed by atoms with E-state index in [9.17, 15) is 4.79 Å². The van der Waals surface area contributed by atoms with Crippen molar-refractivity contribution < 1.29 is 9.53 Å². The monoisotopic (exact) mass is 337 g/mol. The lowest BCUT2D eigenvalue weighted by Gasteiger charge is -2.12. The summed E-state index contributed by atoms with van der Waals surface area (Å²) in [6, 6.07) is 14.8. The van der Waals surface area contributed by atoms with Gasteiger partial charge in [-0.3, -0.25) is 15.1 Å². The molecule has 0 fully saturated rings. The number of para-hydroxylation sites is 1. The van der Waals surface area contributed by atoms with Gasteiger partial charge in [0.2, 0.25) is 0 Å². The molecule has 0 aliphatic carbocycles. The molecule has 7 heteroatoms. The molecule has 1 amide bonds. The molecule has 7 nitrogen and oxygen atoms in total. The van der Waals surface area contributed by atoms with E-state index in [1.54, 1.807) is 6.07 Å².